The maximum absolute atomic E-state index is 8.90. The molecule has 2 nitrogen and oxygen atoms in total. The summed E-state index contributed by atoms with van der Waals surface area (Å²) in [5, 5.41) is 17.8. The fourth-order valence-corrected chi connectivity index (χ4v) is 2.91. The van der Waals surface area contributed by atoms with Crippen molar-refractivity contribution in [3.05, 3.63) is 0 Å². The van der Waals surface area contributed by atoms with Crippen LogP contribution >= 0.6 is 0 Å². The molecule has 0 saturated heterocycles. The molecule has 0 aromatic rings. The van der Waals surface area contributed by atoms with Crippen molar-refractivity contribution in [3.8, 4) is 0 Å². The normalized spacial score (nSPS) is 51.0. The smallest absolute Gasteiger partial charge is 0.0464 e. The van der Waals surface area contributed by atoms with E-state index in [0.717, 1.165) is 0 Å². The standard InChI is InChI=1S/C8H14O2/c9-3-7-5-1-2-6(7)8(5)4-10/h5-10H,1-4H2. The summed E-state index contributed by atoms with van der Waals surface area (Å²) in [6, 6.07) is 0. The van der Waals surface area contributed by atoms with Crippen molar-refractivity contribution >= 4 is 0 Å². The molecule has 0 aromatic heterocycles. The highest BCUT2D eigenvalue weighted by Crippen LogP contribution is 2.57. The zero-order valence-corrected chi connectivity index (χ0v) is 6.03. The number of aliphatic hydroxyl groups excluding tert-OH is 2. The summed E-state index contributed by atoms with van der Waals surface area (Å²) in [7, 11) is 0. The van der Waals surface area contributed by atoms with Crippen LogP contribution in [0.25, 0.3) is 0 Å². The molecule has 2 heteroatoms. The van der Waals surface area contributed by atoms with Gasteiger partial charge in [0, 0.05) is 13.2 Å². The van der Waals surface area contributed by atoms with E-state index in [4.69, 9.17) is 10.2 Å². The van der Waals surface area contributed by atoms with Gasteiger partial charge in [0.25, 0.3) is 0 Å². The van der Waals surface area contributed by atoms with E-state index in [1.807, 2.05) is 0 Å². The number of rotatable bonds is 2. The van der Waals surface area contributed by atoms with Crippen molar-refractivity contribution in [2.45, 2.75) is 12.8 Å². The third-order valence-corrected chi connectivity index (χ3v) is 3.45. The van der Waals surface area contributed by atoms with E-state index in [9.17, 15) is 0 Å². The lowest BCUT2D eigenvalue weighted by Gasteiger charge is -2.42. The van der Waals surface area contributed by atoms with Crippen LogP contribution in [0.3, 0.4) is 0 Å². The van der Waals surface area contributed by atoms with E-state index in [-0.39, 0.29) is 0 Å². The van der Waals surface area contributed by atoms with Crippen molar-refractivity contribution in [3.63, 3.8) is 0 Å². The quantitative estimate of drug-likeness (QED) is 0.580. The SMILES string of the molecule is OCC1C2CCC1C2CO. The molecule has 10 heavy (non-hydrogen) atoms. The van der Waals surface area contributed by atoms with Gasteiger partial charge in [0.1, 0.15) is 0 Å². The van der Waals surface area contributed by atoms with Crippen LogP contribution in [0, 0.1) is 23.7 Å². The Hall–Kier alpha value is -0.0800. The number of hydrogen-bond acceptors (Lipinski definition) is 2. The molecule has 58 valence electrons. The van der Waals surface area contributed by atoms with Gasteiger partial charge in [0.15, 0.2) is 0 Å². The Morgan fingerprint density at radius 2 is 1.30 bits per heavy atom. The van der Waals surface area contributed by atoms with Gasteiger partial charge in [-0.25, -0.2) is 0 Å². The predicted octanol–water partition coefficient (Wildman–Crippen LogP) is 0.243. The van der Waals surface area contributed by atoms with Gasteiger partial charge in [0.2, 0.25) is 0 Å². The molecule has 3 fully saturated rings. The summed E-state index contributed by atoms with van der Waals surface area (Å²) in [5.41, 5.74) is 0. The Balaban J connectivity index is 2.00. The van der Waals surface area contributed by atoms with E-state index >= 15 is 0 Å². The zero-order chi connectivity index (χ0) is 7.14. The monoisotopic (exact) mass is 142 g/mol. The lowest BCUT2D eigenvalue weighted by molar-refractivity contribution is -0.0259. The highest BCUT2D eigenvalue weighted by Gasteiger charge is 2.53. The fraction of sp³-hybridized carbons (Fsp3) is 1.00. The Morgan fingerprint density at radius 1 is 0.900 bits per heavy atom. The van der Waals surface area contributed by atoms with Gasteiger partial charge in [0.05, 0.1) is 0 Å². The minimum atomic E-state index is 0.339. The Labute approximate surface area is 60.9 Å². The van der Waals surface area contributed by atoms with Crippen LogP contribution in [0.2, 0.25) is 0 Å². The summed E-state index contributed by atoms with van der Waals surface area (Å²) in [4.78, 5) is 0. The number of fused-ring (bicyclic) bond motifs is 1. The lowest BCUT2D eigenvalue weighted by Crippen LogP contribution is -2.43. The second-order valence-corrected chi connectivity index (χ2v) is 3.60. The molecular weight excluding hydrogens is 128 g/mol. The zero-order valence-electron chi connectivity index (χ0n) is 6.03. The lowest BCUT2D eigenvalue weighted by atomic mass is 9.64. The molecule has 3 aliphatic carbocycles. The predicted molar refractivity (Wildman–Crippen MR) is 37.4 cm³/mol. The van der Waals surface area contributed by atoms with Crippen molar-refractivity contribution in [1.29, 1.82) is 0 Å². The van der Waals surface area contributed by atoms with E-state index in [0.29, 0.717) is 36.9 Å². The van der Waals surface area contributed by atoms with Crippen LogP contribution in [0.5, 0.6) is 0 Å². The summed E-state index contributed by atoms with van der Waals surface area (Å²) in [5.74, 6) is 2.38. The largest absolute Gasteiger partial charge is 0.396 e. The highest BCUT2D eigenvalue weighted by molar-refractivity contribution is 5.02. The van der Waals surface area contributed by atoms with Gasteiger partial charge >= 0.3 is 0 Å². The average molecular weight is 142 g/mol. The molecule has 0 unspecified atom stereocenters. The molecule has 0 radical (unpaired) electrons. The molecule has 0 aliphatic heterocycles. The first-order chi connectivity index (χ1) is 4.88. The van der Waals surface area contributed by atoms with Crippen molar-refractivity contribution in [2.75, 3.05) is 13.2 Å². The van der Waals surface area contributed by atoms with Gasteiger partial charge in [-0.15, -0.1) is 0 Å². The van der Waals surface area contributed by atoms with Crippen LogP contribution < -0.4 is 0 Å². The van der Waals surface area contributed by atoms with Crippen LogP contribution in [0.1, 0.15) is 12.8 Å². The maximum atomic E-state index is 8.90. The minimum absolute atomic E-state index is 0.339. The summed E-state index contributed by atoms with van der Waals surface area (Å²) in [6.45, 7) is 0.678. The van der Waals surface area contributed by atoms with Crippen LogP contribution in [-0.4, -0.2) is 23.4 Å². The molecule has 0 amide bonds. The molecular formula is C8H14O2. The molecule has 0 heterocycles. The van der Waals surface area contributed by atoms with E-state index in [1.54, 1.807) is 0 Å². The first-order valence-corrected chi connectivity index (χ1v) is 4.10. The average Bonchev–Trinajstić information content (AvgIpc) is 2.46. The van der Waals surface area contributed by atoms with E-state index < -0.39 is 0 Å². The van der Waals surface area contributed by atoms with Gasteiger partial charge in [-0.2, -0.15) is 0 Å². The highest BCUT2D eigenvalue weighted by atomic mass is 16.3. The molecule has 3 aliphatic rings. The topological polar surface area (TPSA) is 40.5 Å². The van der Waals surface area contributed by atoms with Crippen molar-refractivity contribution in [1.82, 2.24) is 0 Å². The first kappa shape index (κ1) is 6.62. The Bertz CT molecular complexity index is 111. The van der Waals surface area contributed by atoms with E-state index in [2.05, 4.69) is 0 Å². The second-order valence-electron chi connectivity index (χ2n) is 3.60. The van der Waals surface area contributed by atoms with Gasteiger partial charge in [-0.3, -0.25) is 0 Å². The van der Waals surface area contributed by atoms with Crippen molar-refractivity contribution < 1.29 is 10.2 Å². The number of hydrogen-bond donors (Lipinski definition) is 2. The number of aliphatic hydroxyl groups is 2. The fourth-order valence-electron chi connectivity index (χ4n) is 2.91. The van der Waals surface area contributed by atoms with Gasteiger partial charge in [-0.05, 0) is 36.5 Å². The second kappa shape index (κ2) is 2.21. The summed E-state index contributed by atoms with van der Waals surface area (Å²) >= 11 is 0. The molecule has 3 saturated carbocycles. The minimum Gasteiger partial charge on any atom is -0.396 e. The molecule has 2 bridgehead atoms. The molecule has 3 rings (SSSR count). The Morgan fingerprint density at radius 3 is 1.60 bits per heavy atom. The van der Waals surface area contributed by atoms with Crippen molar-refractivity contribution in [2.24, 2.45) is 23.7 Å². The van der Waals surface area contributed by atoms with E-state index in [1.165, 1.54) is 12.8 Å². The van der Waals surface area contributed by atoms with Crippen LogP contribution in [0.15, 0.2) is 0 Å². The summed E-state index contributed by atoms with van der Waals surface area (Å²) in [6.07, 6.45) is 2.47. The third-order valence-electron chi connectivity index (χ3n) is 3.45. The molecule has 0 spiro atoms. The first-order valence-electron chi connectivity index (χ1n) is 4.10. The maximum Gasteiger partial charge on any atom is 0.0464 e. The van der Waals surface area contributed by atoms with Crippen LogP contribution in [-0.2, 0) is 0 Å². The van der Waals surface area contributed by atoms with Gasteiger partial charge in [-0.1, -0.05) is 0 Å². The van der Waals surface area contributed by atoms with Gasteiger partial charge < -0.3 is 10.2 Å². The molecule has 0 atom stereocenters. The van der Waals surface area contributed by atoms with Crippen LogP contribution in [0.4, 0.5) is 0 Å². The third kappa shape index (κ3) is 0.611. The summed E-state index contributed by atoms with van der Waals surface area (Å²) < 4.78 is 0. The Kier molecular flexibility index (Phi) is 1.46. The molecule has 2 N–H and O–H groups in total. The molecule has 0 aromatic carbocycles.